The summed E-state index contributed by atoms with van der Waals surface area (Å²) >= 11 is 0. The van der Waals surface area contributed by atoms with Crippen molar-refractivity contribution in [3.63, 3.8) is 0 Å². The predicted molar refractivity (Wildman–Crippen MR) is 58.0 cm³/mol. The molecule has 3 N–H and O–H groups in total. The largest absolute Gasteiger partial charge is 0.351 e. The molecule has 2 aliphatic rings. The molecule has 0 aromatic rings. The van der Waals surface area contributed by atoms with Crippen LogP contribution in [0, 0.1) is 0 Å². The van der Waals surface area contributed by atoms with Gasteiger partial charge in [-0.1, -0.05) is 0 Å². The number of imide groups is 1. The summed E-state index contributed by atoms with van der Waals surface area (Å²) in [7, 11) is 0. The van der Waals surface area contributed by atoms with Crippen LogP contribution in [0.25, 0.3) is 0 Å². The second kappa shape index (κ2) is 4.99. The summed E-state index contributed by atoms with van der Waals surface area (Å²) in [6.07, 6.45) is 1.49. The summed E-state index contributed by atoms with van der Waals surface area (Å²) in [5, 5.41) is 2.05. The van der Waals surface area contributed by atoms with Gasteiger partial charge in [0.15, 0.2) is 5.79 Å². The molecule has 0 aromatic carbocycles. The monoisotopic (exact) mass is 243 g/mol. The molecule has 0 unspecified atom stereocenters. The third-order valence-corrected chi connectivity index (χ3v) is 3.06. The van der Waals surface area contributed by atoms with Crippen molar-refractivity contribution in [3.05, 3.63) is 0 Å². The van der Waals surface area contributed by atoms with Gasteiger partial charge in [0.2, 0.25) is 5.91 Å². The fraction of sp³-hybridized carbons (Fsp3) is 0.800. The molecule has 0 radical (unpaired) electrons. The van der Waals surface area contributed by atoms with Gasteiger partial charge in [0.1, 0.15) is 0 Å². The first-order valence-corrected chi connectivity index (χ1v) is 5.69. The highest BCUT2D eigenvalue weighted by Crippen LogP contribution is 2.30. The SMILES string of the molecule is NC(=O)NC(=O)CN1CCC2(CC1)OCCO2. The number of amides is 3. The molecule has 2 aliphatic heterocycles. The standard InChI is InChI=1S/C10H17N3O4/c11-9(15)12-8(14)7-13-3-1-10(2-4-13)16-5-6-17-10/h1-7H2,(H3,11,12,14,15). The van der Waals surface area contributed by atoms with Crippen molar-refractivity contribution in [1.29, 1.82) is 0 Å². The predicted octanol–water partition coefficient (Wildman–Crippen LogP) is -0.980. The minimum absolute atomic E-state index is 0.180. The lowest BCUT2D eigenvalue weighted by Crippen LogP contribution is -2.49. The molecule has 7 heteroatoms. The first-order chi connectivity index (χ1) is 8.10. The fourth-order valence-corrected chi connectivity index (χ4v) is 2.22. The van der Waals surface area contributed by atoms with Gasteiger partial charge in [-0.05, 0) is 0 Å². The van der Waals surface area contributed by atoms with Crippen LogP contribution in [0.4, 0.5) is 4.79 Å². The molecule has 17 heavy (non-hydrogen) atoms. The average molecular weight is 243 g/mol. The van der Waals surface area contributed by atoms with Gasteiger partial charge >= 0.3 is 6.03 Å². The van der Waals surface area contributed by atoms with Crippen molar-refractivity contribution in [2.45, 2.75) is 18.6 Å². The van der Waals surface area contributed by atoms with Crippen molar-refractivity contribution in [2.24, 2.45) is 5.73 Å². The molecular weight excluding hydrogens is 226 g/mol. The summed E-state index contributed by atoms with van der Waals surface area (Å²) in [6.45, 7) is 2.89. The van der Waals surface area contributed by atoms with Crippen molar-refractivity contribution < 1.29 is 19.1 Å². The normalized spacial score (nSPS) is 23.8. The summed E-state index contributed by atoms with van der Waals surface area (Å²) in [5.41, 5.74) is 4.86. The Kier molecular flexibility index (Phi) is 3.60. The second-order valence-electron chi connectivity index (χ2n) is 4.30. The number of carbonyl (C=O) groups excluding carboxylic acids is 2. The van der Waals surface area contributed by atoms with Gasteiger partial charge < -0.3 is 15.2 Å². The van der Waals surface area contributed by atoms with E-state index in [0.717, 1.165) is 12.8 Å². The Labute approximate surface area is 99.2 Å². The summed E-state index contributed by atoms with van der Waals surface area (Å²) < 4.78 is 11.2. The van der Waals surface area contributed by atoms with Gasteiger partial charge in [-0.3, -0.25) is 15.0 Å². The average Bonchev–Trinajstić information content (AvgIpc) is 2.69. The molecular formula is C10H17N3O4. The highest BCUT2D eigenvalue weighted by atomic mass is 16.7. The third kappa shape index (κ3) is 3.15. The fourth-order valence-electron chi connectivity index (χ4n) is 2.22. The molecule has 96 valence electrons. The Morgan fingerprint density at radius 2 is 1.82 bits per heavy atom. The van der Waals surface area contributed by atoms with Crippen LogP contribution in [0.3, 0.4) is 0 Å². The van der Waals surface area contributed by atoms with E-state index in [9.17, 15) is 9.59 Å². The topological polar surface area (TPSA) is 93.9 Å². The number of nitrogens with two attached hydrogens (primary N) is 1. The van der Waals surface area contributed by atoms with Crippen molar-refractivity contribution in [1.82, 2.24) is 10.2 Å². The molecule has 0 aliphatic carbocycles. The summed E-state index contributed by atoms with van der Waals surface area (Å²) in [4.78, 5) is 23.8. The number of nitrogens with one attached hydrogen (secondary N) is 1. The van der Waals surface area contributed by atoms with Gasteiger partial charge in [0, 0.05) is 25.9 Å². The molecule has 0 atom stereocenters. The van der Waals surface area contributed by atoms with E-state index < -0.39 is 11.8 Å². The van der Waals surface area contributed by atoms with Crippen LogP contribution >= 0.6 is 0 Å². The van der Waals surface area contributed by atoms with Crippen molar-refractivity contribution in [2.75, 3.05) is 32.8 Å². The van der Waals surface area contributed by atoms with Gasteiger partial charge in [-0.2, -0.15) is 0 Å². The molecule has 1 spiro atoms. The molecule has 0 aromatic heterocycles. The summed E-state index contributed by atoms with van der Waals surface area (Å²) in [5.74, 6) is -0.807. The lowest BCUT2D eigenvalue weighted by atomic mass is 10.0. The molecule has 2 heterocycles. The molecule has 2 saturated heterocycles. The molecule has 0 saturated carbocycles. The number of nitrogens with zero attached hydrogens (tertiary/aromatic N) is 1. The zero-order chi connectivity index (χ0) is 12.3. The van der Waals surface area contributed by atoms with Crippen LogP contribution in [0.2, 0.25) is 0 Å². The Morgan fingerprint density at radius 3 is 2.35 bits per heavy atom. The van der Waals surface area contributed by atoms with E-state index in [4.69, 9.17) is 15.2 Å². The molecule has 7 nitrogen and oxygen atoms in total. The highest BCUT2D eigenvalue weighted by molar-refractivity contribution is 5.94. The molecule has 0 bridgehead atoms. The van der Waals surface area contributed by atoms with Gasteiger partial charge in [0.25, 0.3) is 0 Å². The van der Waals surface area contributed by atoms with E-state index >= 15 is 0 Å². The van der Waals surface area contributed by atoms with E-state index in [1.54, 1.807) is 0 Å². The maximum absolute atomic E-state index is 11.3. The minimum atomic E-state index is -0.814. The first-order valence-electron chi connectivity index (χ1n) is 5.69. The van der Waals surface area contributed by atoms with E-state index in [1.807, 2.05) is 10.2 Å². The maximum Gasteiger partial charge on any atom is 0.318 e. The van der Waals surface area contributed by atoms with Crippen LogP contribution < -0.4 is 11.1 Å². The zero-order valence-corrected chi connectivity index (χ0v) is 9.61. The Balaban J connectivity index is 1.75. The third-order valence-electron chi connectivity index (χ3n) is 3.06. The van der Waals surface area contributed by atoms with Gasteiger partial charge in [-0.15, -0.1) is 0 Å². The molecule has 2 fully saturated rings. The molecule has 2 rings (SSSR count). The Morgan fingerprint density at radius 1 is 1.24 bits per heavy atom. The minimum Gasteiger partial charge on any atom is -0.351 e. The number of carbonyl (C=O) groups is 2. The number of primary amides is 1. The summed E-state index contributed by atoms with van der Waals surface area (Å²) in [6, 6.07) is -0.814. The zero-order valence-electron chi connectivity index (χ0n) is 9.61. The Hall–Kier alpha value is -1.18. The van der Waals surface area contributed by atoms with Crippen molar-refractivity contribution in [3.8, 4) is 0 Å². The maximum atomic E-state index is 11.3. The van der Waals surface area contributed by atoms with Crippen LogP contribution in [-0.2, 0) is 14.3 Å². The van der Waals surface area contributed by atoms with Crippen LogP contribution in [0.5, 0.6) is 0 Å². The van der Waals surface area contributed by atoms with Gasteiger partial charge in [-0.25, -0.2) is 4.79 Å². The number of piperidine rings is 1. The van der Waals surface area contributed by atoms with Crippen LogP contribution in [0.1, 0.15) is 12.8 Å². The van der Waals surface area contributed by atoms with E-state index in [2.05, 4.69) is 0 Å². The Bertz CT molecular complexity index is 305. The lowest BCUT2D eigenvalue weighted by Gasteiger charge is -2.37. The first kappa shape index (κ1) is 12.3. The number of rotatable bonds is 2. The smallest absolute Gasteiger partial charge is 0.318 e. The molecule has 3 amide bonds. The van der Waals surface area contributed by atoms with Crippen LogP contribution in [0.15, 0.2) is 0 Å². The van der Waals surface area contributed by atoms with Gasteiger partial charge in [0.05, 0.1) is 19.8 Å². The number of likely N-dealkylation sites (tertiary alicyclic amines) is 1. The van der Waals surface area contributed by atoms with E-state index in [0.29, 0.717) is 26.3 Å². The lowest BCUT2D eigenvalue weighted by molar-refractivity contribution is -0.185. The number of urea groups is 1. The highest BCUT2D eigenvalue weighted by Gasteiger charge is 2.39. The number of hydrogen-bond acceptors (Lipinski definition) is 5. The number of hydrogen-bond donors (Lipinski definition) is 2. The van der Waals surface area contributed by atoms with E-state index in [-0.39, 0.29) is 12.5 Å². The van der Waals surface area contributed by atoms with Crippen molar-refractivity contribution >= 4 is 11.9 Å². The van der Waals surface area contributed by atoms with Crippen LogP contribution in [-0.4, -0.2) is 55.5 Å². The van der Waals surface area contributed by atoms with E-state index in [1.165, 1.54) is 0 Å². The second-order valence-corrected chi connectivity index (χ2v) is 4.30. The quantitative estimate of drug-likeness (QED) is 0.650. The number of ether oxygens (including phenoxy) is 2.